The second-order valence-electron chi connectivity index (χ2n) is 5.72. The van der Waals surface area contributed by atoms with Gasteiger partial charge in [0, 0.05) is 18.8 Å². The summed E-state index contributed by atoms with van der Waals surface area (Å²) in [5.74, 6) is 0.535. The number of hydrogen-bond donors (Lipinski definition) is 2. The maximum absolute atomic E-state index is 12.7. The normalized spacial score (nSPS) is 11.4. The number of hydrogen-bond acceptors (Lipinski definition) is 3. The summed E-state index contributed by atoms with van der Waals surface area (Å²) >= 11 is 0. The Morgan fingerprint density at radius 2 is 2.00 bits per heavy atom. The Labute approximate surface area is 126 Å². The molecule has 3 nitrogen and oxygen atoms in total. The SMILES string of the molecule is Cc1ccc(N(CCO)CC(F)F)c(CNCC(C)C)c1. The molecule has 0 aliphatic carbocycles. The first-order valence-electron chi connectivity index (χ1n) is 7.38. The maximum atomic E-state index is 12.7. The zero-order valence-corrected chi connectivity index (χ0v) is 13.1. The second kappa shape index (κ2) is 8.95. The molecule has 0 saturated heterocycles. The van der Waals surface area contributed by atoms with E-state index in [0.717, 1.165) is 23.4 Å². The predicted molar refractivity (Wildman–Crippen MR) is 83.0 cm³/mol. The molecular weight excluding hydrogens is 274 g/mol. The van der Waals surface area contributed by atoms with Gasteiger partial charge in [-0.1, -0.05) is 31.5 Å². The van der Waals surface area contributed by atoms with Crippen molar-refractivity contribution in [1.29, 1.82) is 0 Å². The summed E-state index contributed by atoms with van der Waals surface area (Å²) in [7, 11) is 0. The van der Waals surface area contributed by atoms with Gasteiger partial charge in [-0.05, 0) is 31.0 Å². The molecule has 5 heteroatoms. The van der Waals surface area contributed by atoms with E-state index in [-0.39, 0.29) is 19.7 Å². The average molecular weight is 300 g/mol. The largest absolute Gasteiger partial charge is 0.395 e. The Bertz CT molecular complexity index is 425. The minimum atomic E-state index is -2.42. The van der Waals surface area contributed by atoms with E-state index < -0.39 is 6.43 Å². The van der Waals surface area contributed by atoms with Crippen LogP contribution in [0.15, 0.2) is 18.2 Å². The molecule has 0 unspecified atom stereocenters. The summed E-state index contributed by atoms with van der Waals surface area (Å²) in [6.07, 6.45) is -2.42. The molecule has 1 aromatic carbocycles. The molecule has 0 atom stereocenters. The lowest BCUT2D eigenvalue weighted by molar-refractivity contribution is 0.152. The number of anilines is 1. The number of nitrogens with zero attached hydrogens (tertiary/aromatic N) is 1. The fourth-order valence-electron chi connectivity index (χ4n) is 2.26. The third-order valence-corrected chi connectivity index (χ3v) is 3.17. The number of aryl methyl sites for hydroxylation is 1. The first-order valence-corrected chi connectivity index (χ1v) is 7.38. The molecule has 0 bridgehead atoms. The standard InChI is InChI=1S/C16H26F2N2O/c1-12(2)9-19-10-14-8-13(3)4-5-15(14)20(6-7-21)11-16(17)18/h4-5,8,12,16,19,21H,6-7,9-11H2,1-3H3. The van der Waals surface area contributed by atoms with Crippen molar-refractivity contribution in [1.82, 2.24) is 5.32 Å². The van der Waals surface area contributed by atoms with Crippen molar-refractivity contribution in [3.8, 4) is 0 Å². The molecule has 0 heterocycles. The third kappa shape index (κ3) is 6.40. The van der Waals surface area contributed by atoms with Gasteiger partial charge >= 0.3 is 0 Å². The van der Waals surface area contributed by atoms with Crippen LogP contribution in [0.25, 0.3) is 0 Å². The molecule has 0 aliphatic heterocycles. The van der Waals surface area contributed by atoms with Crippen LogP contribution >= 0.6 is 0 Å². The smallest absolute Gasteiger partial charge is 0.255 e. The number of nitrogens with one attached hydrogen (secondary N) is 1. The van der Waals surface area contributed by atoms with Crippen molar-refractivity contribution in [3.05, 3.63) is 29.3 Å². The van der Waals surface area contributed by atoms with Gasteiger partial charge in [0.1, 0.15) is 0 Å². The lowest BCUT2D eigenvalue weighted by atomic mass is 10.1. The highest BCUT2D eigenvalue weighted by Crippen LogP contribution is 2.23. The lowest BCUT2D eigenvalue weighted by Crippen LogP contribution is -2.33. The summed E-state index contributed by atoms with van der Waals surface area (Å²) in [5, 5.41) is 12.4. The Morgan fingerprint density at radius 3 is 2.57 bits per heavy atom. The van der Waals surface area contributed by atoms with Gasteiger partial charge < -0.3 is 15.3 Å². The molecule has 0 fully saturated rings. The minimum absolute atomic E-state index is 0.139. The number of benzene rings is 1. The molecule has 0 amide bonds. The van der Waals surface area contributed by atoms with Crippen molar-refractivity contribution < 1.29 is 13.9 Å². The van der Waals surface area contributed by atoms with Crippen LogP contribution in [0.5, 0.6) is 0 Å². The summed E-state index contributed by atoms with van der Waals surface area (Å²) in [4.78, 5) is 1.55. The molecule has 2 N–H and O–H groups in total. The van der Waals surface area contributed by atoms with Crippen molar-refractivity contribution in [2.75, 3.05) is 31.1 Å². The quantitative estimate of drug-likeness (QED) is 0.736. The molecule has 0 aromatic heterocycles. The van der Waals surface area contributed by atoms with Crippen molar-refractivity contribution in [2.24, 2.45) is 5.92 Å². The molecule has 21 heavy (non-hydrogen) atoms. The summed E-state index contributed by atoms with van der Waals surface area (Å²) in [6.45, 7) is 7.46. The average Bonchev–Trinajstić information content (AvgIpc) is 2.37. The maximum Gasteiger partial charge on any atom is 0.255 e. The lowest BCUT2D eigenvalue weighted by Gasteiger charge is -2.26. The highest BCUT2D eigenvalue weighted by molar-refractivity contribution is 5.55. The van der Waals surface area contributed by atoms with E-state index in [4.69, 9.17) is 5.11 Å². The van der Waals surface area contributed by atoms with E-state index in [9.17, 15) is 8.78 Å². The number of aliphatic hydroxyl groups is 1. The second-order valence-corrected chi connectivity index (χ2v) is 5.72. The van der Waals surface area contributed by atoms with Crippen LogP contribution in [0.2, 0.25) is 0 Å². The molecule has 120 valence electrons. The summed E-state index contributed by atoms with van der Waals surface area (Å²) in [6, 6.07) is 5.79. The van der Waals surface area contributed by atoms with Gasteiger partial charge in [0.2, 0.25) is 0 Å². The Kier molecular flexibility index (Phi) is 7.61. The van der Waals surface area contributed by atoms with Gasteiger partial charge in [0.25, 0.3) is 6.43 Å². The van der Waals surface area contributed by atoms with E-state index in [2.05, 4.69) is 19.2 Å². The van der Waals surface area contributed by atoms with Gasteiger partial charge in [-0.3, -0.25) is 0 Å². The number of rotatable bonds is 9. The molecule has 1 rings (SSSR count). The van der Waals surface area contributed by atoms with Crippen LogP contribution in [0.1, 0.15) is 25.0 Å². The Hall–Kier alpha value is -1.20. The minimum Gasteiger partial charge on any atom is -0.395 e. The first kappa shape index (κ1) is 17.9. The predicted octanol–water partition coefficient (Wildman–Crippen LogP) is 2.80. The molecule has 0 radical (unpaired) electrons. The summed E-state index contributed by atoms with van der Waals surface area (Å²) < 4.78 is 25.4. The molecule has 1 aromatic rings. The van der Waals surface area contributed by atoms with Crippen LogP contribution < -0.4 is 10.2 Å². The van der Waals surface area contributed by atoms with Crippen molar-refractivity contribution in [2.45, 2.75) is 33.7 Å². The monoisotopic (exact) mass is 300 g/mol. The fourth-order valence-corrected chi connectivity index (χ4v) is 2.26. The third-order valence-electron chi connectivity index (χ3n) is 3.17. The van der Waals surface area contributed by atoms with Crippen molar-refractivity contribution >= 4 is 5.69 Å². The molecule has 0 saturated carbocycles. The number of halogens is 2. The zero-order chi connectivity index (χ0) is 15.8. The van der Waals surface area contributed by atoms with E-state index in [0.29, 0.717) is 12.5 Å². The van der Waals surface area contributed by atoms with Gasteiger partial charge in [-0.2, -0.15) is 0 Å². The van der Waals surface area contributed by atoms with E-state index in [1.54, 1.807) is 4.90 Å². The molecular formula is C16H26F2N2O. The van der Waals surface area contributed by atoms with E-state index in [1.165, 1.54) is 0 Å². The van der Waals surface area contributed by atoms with Crippen LogP contribution in [0.3, 0.4) is 0 Å². The van der Waals surface area contributed by atoms with Crippen LogP contribution in [0, 0.1) is 12.8 Å². The van der Waals surface area contributed by atoms with Gasteiger partial charge in [-0.25, -0.2) is 8.78 Å². The van der Waals surface area contributed by atoms with Crippen molar-refractivity contribution in [3.63, 3.8) is 0 Å². The van der Waals surface area contributed by atoms with Crippen LogP contribution in [-0.4, -0.2) is 37.8 Å². The molecule has 0 aliphatic rings. The van der Waals surface area contributed by atoms with Gasteiger partial charge in [0.05, 0.1) is 13.2 Å². The van der Waals surface area contributed by atoms with E-state index >= 15 is 0 Å². The fraction of sp³-hybridized carbons (Fsp3) is 0.625. The highest BCUT2D eigenvalue weighted by Gasteiger charge is 2.15. The Morgan fingerprint density at radius 1 is 1.29 bits per heavy atom. The van der Waals surface area contributed by atoms with E-state index in [1.807, 2.05) is 25.1 Å². The Balaban J connectivity index is 2.91. The first-order chi connectivity index (χ1) is 9.93. The van der Waals surface area contributed by atoms with Gasteiger partial charge in [-0.15, -0.1) is 0 Å². The van der Waals surface area contributed by atoms with Crippen LogP contribution in [0.4, 0.5) is 14.5 Å². The van der Waals surface area contributed by atoms with Gasteiger partial charge in [0.15, 0.2) is 0 Å². The number of alkyl halides is 2. The zero-order valence-electron chi connectivity index (χ0n) is 13.1. The highest BCUT2D eigenvalue weighted by atomic mass is 19.3. The molecule has 0 spiro atoms. The number of aliphatic hydroxyl groups excluding tert-OH is 1. The summed E-state index contributed by atoms with van der Waals surface area (Å²) in [5.41, 5.74) is 2.86. The topological polar surface area (TPSA) is 35.5 Å². The van der Waals surface area contributed by atoms with Crippen LogP contribution in [-0.2, 0) is 6.54 Å².